The molecule has 3 aliphatic rings. The highest BCUT2D eigenvalue weighted by Crippen LogP contribution is 2.58. The lowest BCUT2D eigenvalue weighted by atomic mass is 9.96. The molecule has 2 aliphatic heterocycles. The van der Waals surface area contributed by atoms with Crippen molar-refractivity contribution in [2.24, 2.45) is 0 Å². The van der Waals surface area contributed by atoms with E-state index in [2.05, 4.69) is 24.1 Å². The van der Waals surface area contributed by atoms with E-state index < -0.39 is 0 Å². The van der Waals surface area contributed by atoms with Crippen molar-refractivity contribution in [3.05, 3.63) is 0 Å². The summed E-state index contributed by atoms with van der Waals surface area (Å²) in [6.45, 7) is 4.50. The first-order valence-electron chi connectivity index (χ1n) is 7.56. The SMILES string of the molecule is CCC12SCC(SC1C)N2C(=O)NC1CCCCC1. The average molecular weight is 300 g/mol. The van der Waals surface area contributed by atoms with E-state index >= 15 is 0 Å². The van der Waals surface area contributed by atoms with Gasteiger partial charge in [-0.2, -0.15) is 0 Å². The molecule has 0 aromatic heterocycles. The topological polar surface area (TPSA) is 32.3 Å². The molecule has 0 aromatic carbocycles. The van der Waals surface area contributed by atoms with Crippen LogP contribution in [0.3, 0.4) is 0 Å². The molecule has 5 heteroatoms. The van der Waals surface area contributed by atoms with Crippen molar-refractivity contribution >= 4 is 29.6 Å². The molecule has 3 atom stereocenters. The molecule has 1 aliphatic carbocycles. The number of hydrogen-bond acceptors (Lipinski definition) is 3. The van der Waals surface area contributed by atoms with Crippen molar-refractivity contribution in [1.82, 2.24) is 10.2 Å². The van der Waals surface area contributed by atoms with Crippen LogP contribution in [0.25, 0.3) is 0 Å². The van der Waals surface area contributed by atoms with Gasteiger partial charge in [0.05, 0.1) is 5.37 Å². The highest BCUT2D eigenvalue weighted by Gasteiger charge is 2.58. The van der Waals surface area contributed by atoms with Crippen LogP contribution >= 0.6 is 23.5 Å². The molecule has 1 saturated carbocycles. The zero-order chi connectivity index (χ0) is 13.5. The van der Waals surface area contributed by atoms with E-state index in [0.29, 0.717) is 16.7 Å². The summed E-state index contributed by atoms with van der Waals surface area (Å²) in [6.07, 6.45) is 7.26. The van der Waals surface area contributed by atoms with Gasteiger partial charge in [0, 0.05) is 17.0 Å². The van der Waals surface area contributed by atoms with Crippen LogP contribution in [0.1, 0.15) is 52.4 Å². The second-order valence-electron chi connectivity index (χ2n) is 5.90. The Morgan fingerprint density at radius 3 is 2.74 bits per heavy atom. The molecule has 1 N–H and O–H groups in total. The number of nitrogens with zero attached hydrogens (tertiary/aromatic N) is 1. The number of hydrogen-bond donors (Lipinski definition) is 1. The lowest BCUT2D eigenvalue weighted by Gasteiger charge is -2.36. The first kappa shape index (κ1) is 13.9. The molecule has 2 saturated heterocycles. The fourth-order valence-electron chi connectivity index (χ4n) is 3.71. The van der Waals surface area contributed by atoms with Gasteiger partial charge in [-0.05, 0) is 19.3 Å². The minimum absolute atomic E-state index is 0.0497. The number of carbonyl (C=O) groups excluding carboxylic acids is 1. The maximum Gasteiger partial charge on any atom is 0.319 e. The van der Waals surface area contributed by atoms with Crippen LogP contribution in [0.4, 0.5) is 4.79 Å². The molecule has 2 amide bonds. The standard InChI is InChI=1S/C14H24N2OS2/c1-3-14-10(2)19-12(9-18-14)16(14)13(17)15-11-7-5-4-6-8-11/h10-12H,3-9H2,1-2H3,(H,15,17). The summed E-state index contributed by atoms with van der Waals surface area (Å²) in [6, 6.07) is 0.612. The smallest absolute Gasteiger partial charge is 0.319 e. The van der Waals surface area contributed by atoms with Crippen molar-refractivity contribution in [2.75, 3.05) is 5.75 Å². The predicted octanol–water partition coefficient (Wildman–Crippen LogP) is 3.65. The third kappa shape index (κ3) is 2.27. The van der Waals surface area contributed by atoms with Crippen LogP contribution in [-0.4, -0.2) is 38.2 Å². The first-order chi connectivity index (χ1) is 9.17. The maximum absolute atomic E-state index is 12.7. The molecule has 2 heterocycles. The van der Waals surface area contributed by atoms with Crippen LogP contribution < -0.4 is 5.32 Å². The Balaban J connectivity index is 1.69. The average Bonchev–Trinajstić information content (AvgIpc) is 2.92. The predicted molar refractivity (Wildman–Crippen MR) is 83.6 cm³/mol. The Bertz CT molecular complexity index is 359. The molecular weight excluding hydrogens is 276 g/mol. The lowest BCUT2D eigenvalue weighted by Crippen LogP contribution is -2.53. The van der Waals surface area contributed by atoms with E-state index in [1.54, 1.807) is 0 Å². The summed E-state index contributed by atoms with van der Waals surface area (Å²) in [7, 11) is 0. The third-order valence-corrected chi connectivity index (χ3v) is 8.50. The monoisotopic (exact) mass is 300 g/mol. The Morgan fingerprint density at radius 1 is 1.37 bits per heavy atom. The number of thioether (sulfide) groups is 2. The van der Waals surface area contributed by atoms with Gasteiger partial charge < -0.3 is 5.32 Å². The van der Waals surface area contributed by atoms with Gasteiger partial charge in [-0.1, -0.05) is 33.1 Å². The Morgan fingerprint density at radius 2 is 2.11 bits per heavy atom. The summed E-state index contributed by atoms with van der Waals surface area (Å²) in [5.41, 5.74) is 0. The maximum atomic E-state index is 12.7. The minimum atomic E-state index is 0.0497. The number of urea groups is 1. The van der Waals surface area contributed by atoms with Gasteiger partial charge in [-0.3, -0.25) is 4.90 Å². The zero-order valence-corrected chi connectivity index (χ0v) is 13.5. The fourth-order valence-corrected chi connectivity index (χ4v) is 7.41. The number of rotatable bonds is 2. The van der Waals surface area contributed by atoms with Gasteiger partial charge in [0.15, 0.2) is 0 Å². The second-order valence-corrected chi connectivity index (χ2v) is 8.75. The number of nitrogens with one attached hydrogen (secondary N) is 1. The summed E-state index contributed by atoms with van der Waals surface area (Å²) < 4.78 is 0. The highest BCUT2D eigenvalue weighted by atomic mass is 32.2. The van der Waals surface area contributed by atoms with E-state index in [1.807, 2.05) is 23.5 Å². The number of carbonyl (C=O) groups is 1. The molecule has 3 fully saturated rings. The van der Waals surface area contributed by atoms with Crippen molar-refractivity contribution in [1.29, 1.82) is 0 Å². The van der Waals surface area contributed by atoms with Crippen LogP contribution in [0.2, 0.25) is 0 Å². The summed E-state index contributed by atoms with van der Waals surface area (Å²) in [5.74, 6) is 1.10. The largest absolute Gasteiger partial charge is 0.335 e. The van der Waals surface area contributed by atoms with E-state index in [9.17, 15) is 4.79 Å². The zero-order valence-electron chi connectivity index (χ0n) is 11.9. The number of fused-ring (bicyclic) bond motifs is 2. The van der Waals surface area contributed by atoms with Crippen LogP contribution in [0, 0.1) is 0 Å². The molecule has 2 bridgehead atoms. The molecule has 19 heavy (non-hydrogen) atoms. The summed E-state index contributed by atoms with van der Waals surface area (Å²) in [5, 5.41) is 4.25. The molecular formula is C14H24N2OS2. The second kappa shape index (κ2) is 5.40. The van der Waals surface area contributed by atoms with Gasteiger partial charge >= 0.3 is 6.03 Å². The Labute approximate surface area is 124 Å². The van der Waals surface area contributed by atoms with Gasteiger partial charge in [-0.25, -0.2) is 4.79 Å². The van der Waals surface area contributed by atoms with Crippen molar-refractivity contribution in [3.8, 4) is 0 Å². The van der Waals surface area contributed by atoms with E-state index in [0.717, 1.165) is 12.2 Å². The van der Waals surface area contributed by atoms with Crippen molar-refractivity contribution in [3.63, 3.8) is 0 Å². The fraction of sp³-hybridized carbons (Fsp3) is 0.929. The van der Waals surface area contributed by atoms with E-state index in [-0.39, 0.29) is 10.9 Å². The Kier molecular flexibility index (Phi) is 3.96. The van der Waals surface area contributed by atoms with Gasteiger partial charge in [0.1, 0.15) is 4.87 Å². The van der Waals surface area contributed by atoms with Gasteiger partial charge in [0.2, 0.25) is 0 Å². The van der Waals surface area contributed by atoms with Crippen molar-refractivity contribution in [2.45, 2.75) is 73.9 Å². The van der Waals surface area contributed by atoms with Crippen LogP contribution in [-0.2, 0) is 0 Å². The summed E-state index contributed by atoms with van der Waals surface area (Å²) >= 11 is 3.97. The van der Waals surface area contributed by atoms with Crippen LogP contribution in [0.15, 0.2) is 0 Å². The van der Waals surface area contributed by atoms with Crippen molar-refractivity contribution < 1.29 is 4.79 Å². The van der Waals surface area contributed by atoms with E-state index in [1.165, 1.54) is 32.1 Å². The molecule has 3 unspecified atom stereocenters. The van der Waals surface area contributed by atoms with Gasteiger partial charge in [-0.15, -0.1) is 23.5 Å². The summed E-state index contributed by atoms with van der Waals surface area (Å²) in [4.78, 5) is 14.9. The minimum Gasteiger partial charge on any atom is -0.335 e. The molecule has 0 radical (unpaired) electrons. The molecule has 0 aromatic rings. The van der Waals surface area contributed by atoms with Crippen LogP contribution in [0.5, 0.6) is 0 Å². The highest BCUT2D eigenvalue weighted by molar-refractivity contribution is 8.08. The number of amides is 2. The Hall–Kier alpha value is -0.0300. The van der Waals surface area contributed by atoms with E-state index in [4.69, 9.17) is 0 Å². The first-order valence-corrected chi connectivity index (χ1v) is 9.49. The lowest BCUT2D eigenvalue weighted by molar-refractivity contribution is 0.166. The third-order valence-electron chi connectivity index (χ3n) is 4.83. The molecule has 3 rings (SSSR count). The molecule has 0 spiro atoms. The normalized spacial score (nSPS) is 38.7. The molecule has 3 nitrogen and oxygen atoms in total. The quantitative estimate of drug-likeness (QED) is 0.845. The van der Waals surface area contributed by atoms with Gasteiger partial charge in [0.25, 0.3) is 0 Å². The molecule has 108 valence electrons.